The number of amides is 1. The third kappa shape index (κ3) is 3.29. The SMILES string of the molecule is N#CCNC(=O)c1cnc(-c2ccc3cc(C#N)cnn23)cc1NC1CC1. The molecule has 8 heteroatoms. The molecule has 1 fully saturated rings. The van der Waals surface area contributed by atoms with Crippen molar-refractivity contribution in [3.8, 4) is 23.5 Å². The fourth-order valence-corrected chi connectivity index (χ4v) is 2.81. The molecule has 8 nitrogen and oxygen atoms in total. The summed E-state index contributed by atoms with van der Waals surface area (Å²) >= 11 is 0. The Hall–Kier alpha value is -3.91. The molecule has 1 saturated carbocycles. The molecule has 132 valence electrons. The predicted octanol–water partition coefficient (Wildman–Crippen LogP) is 2.10. The average Bonchev–Trinajstić information content (AvgIpc) is 3.41. The van der Waals surface area contributed by atoms with Gasteiger partial charge >= 0.3 is 0 Å². The number of pyridine rings is 1. The summed E-state index contributed by atoms with van der Waals surface area (Å²) in [4.78, 5) is 16.7. The minimum absolute atomic E-state index is 0.0576. The van der Waals surface area contributed by atoms with E-state index in [2.05, 4.69) is 26.8 Å². The summed E-state index contributed by atoms with van der Waals surface area (Å²) in [6.45, 7) is -0.0576. The molecule has 3 aromatic rings. The maximum atomic E-state index is 12.3. The maximum Gasteiger partial charge on any atom is 0.255 e. The van der Waals surface area contributed by atoms with E-state index in [-0.39, 0.29) is 12.5 Å². The zero-order valence-electron chi connectivity index (χ0n) is 14.3. The van der Waals surface area contributed by atoms with Crippen molar-refractivity contribution in [1.29, 1.82) is 10.5 Å². The second-order valence-electron chi connectivity index (χ2n) is 6.29. The molecular formula is C19H15N7O. The smallest absolute Gasteiger partial charge is 0.255 e. The first-order valence-electron chi connectivity index (χ1n) is 8.49. The van der Waals surface area contributed by atoms with Gasteiger partial charge in [0.25, 0.3) is 5.91 Å². The number of hydrogen-bond acceptors (Lipinski definition) is 6. The zero-order chi connectivity index (χ0) is 18.8. The molecular weight excluding hydrogens is 342 g/mol. The van der Waals surface area contributed by atoms with Crippen molar-refractivity contribution in [2.24, 2.45) is 0 Å². The molecule has 0 aromatic carbocycles. The number of anilines is 1. The van der Waals surface area contributed by atoms with Crippen LogP contribution in [0.5, 0.6) is 0 Å². The minimum atomic E-state index is -0.337. The normalized spacial score (nSPS) is 13.0. The Morgan fingerprint density at radius 2 is 2.11 bits per heavy atom. The summed E-state index contributed by atoms with van der Waals surface area (Å²) < 4.78 is 1.71. The zero-order valence-corrected chi connectivity index (χ0v) is 14.3. The molecule has 0 aliphatic heterocycles. The first-order valence-corrected chi connectivity index (χ1v) is 8.49. The Bertz CT molecular complexity index is 1120. The largest absolute Gasteiger partial charge is 0.382 e. The number of nitriles is 2. The summed E-state index contributed by atoms with van der Waals surface area (Å²) in [6, 6.07) is 11.6. The lowest BCUT2D eigenvalue weighted by Gasteiger charge is -2.12. The van der Waals surface area contributed by atoms with Gasteiger partial charge in [0.05, 0.1) is 46.0 Å². The Morgan fingerprint density at radius 3 is 2.85 bits per heavy atom. The van der Waals surface area contributed by atoms with E-state index < -0.39 is 0 Å². The number of nitrogens with zero attached hydrogens (tertiary/aromatic N) is 5. The van der Waals surface area contributed by atoms with E-state index >= 15 is 0 Å². The van der Waals surface area contributed by atoms with E-state index in [1.54, 1.807) is 10.6 Å². The van der Waals surface area contributed by atoms with Gasteiger partial charge in [0.15, 0.2) is 0 Å². The van der Waals surface area contributed by atoms with Gasteiger partial charge in [-0.3, -0.25) is 9.78 Å². The topological polar surface area (TPSA) is 119 Å². The highest BCUT2D eigenvalue weighted by atomic mass is 16.1. The third-order valence-corrected chi connectivity index (χ3v) is 4.31. The lowest BCUT2D eigenvalue weighted by atomic mass is 10.1. The molecule has 3 heterocycles. The van der Waals surface area contributed by atoms with Crippen LogP contribution in [0.4, 0.5) is 5.69 Å². The fourth-order valence-electron chi connectivity index (χ4n) is 2.81. The van der Waals surface area contributed by atoms with Gasteiger partial charge in [0, 0.05) is 12.2 Å². The fraction of sp³-hybridized carbons (Fsp3) is 0.211. The number of carbonyl (C=O) groups excluding carboxylic acids is 1. The number of rotatable bonds is 5. The number of carbonyl (C=O) groups is 1. The van der Waals surface area contributed by atoms with Crippen LogP contribution in [0.3, 0.4) is 0 Å². The van der Waals surface area contributed by atoms with Crippen LogP contribution >= 0.6 is 0 Å². The Kier molecular flexibility index (Phi) is 4.15. The van der Waals surface area contributed by atoms with E-state index in [9.17, 15) is 4.79 Å². The lowest BCUT2D eigenvalue weighted by Crippen LogP contribution is -2.25. The van der Waals surface area contributed by atoms with E-state index in [0.717, 1.165) is 24.1 Å². The number of aromatic nitrogens is 3. The number of nitrogens with one attached hydrogen (secondary N) is 2. The van der Waals surface area contributed by atoms with Crippen molar-refractivity contribution in [1.82, 2.24) is 19.9 Å². The maximum absolute atomic E-state index is 12.3. The van der Waals surface area contributed by atoms with Crippen LogP contribution < -0.4 is 10.6 Å². The molecule has 1 amide bonds. The summed E-state index contributed by atoms with van der Waals surface area (Å²) in [5.74, 6) is -0.337. The first-order chi connectivity index (χ1) is 13.2. The van der Waals surface area contributed by atoms with E-state index in [0.29, 0.717) is 28.6 Å². The molecule has 0 atom stereocenters. The summed E-state index contributed by atoms with van der Waals surface area (Å²) in [6.07, 6.45) is 5.13. The van der Waals surface area contributed by atoms with Crippen LogP contribution in [-0.4, -0.2) is 33.1 Å². The molecule has 3 aromatic heterocycles. The highest BCUT2D eigenvalue weighted by molar-refractivity contribution is 6.00. The lowest BCUT2D eigenvalue weighted by molar-refractivity contribution is 0.0959. The molecule has 4 rings (SSSR count). The number of hydrogen-bond donors (Lipinski definition) is 2. The summed E-state index contributed by atoms with van der Waals surface area (Å²) in [5.41, 5.74) is 3.78. The molecule has 0 spiro atoms. The second-order valence-corrected chi connectivity index (χ2v) is 6.29. The van der Waals surface area contributed by atoms with Crippen LogP contribution in [0.25, 0.3) is 16.9 Å². The Morgan fingerprint density at radius 1 is 1.26 bits per heavy atom. The van der Waals surface area contributed by atoms with Crippen molar-refractivity contribution in [2.75, 3.05) is 11.9 Å². The van der Waals surface area contributed by atoms with E-state index in [1.165, 1.54) is 12.4 Å². The van der Waals surface area contributed by atoms with Crippen molar-refractivity contribution >= 4 is 17.1 Å². The quantitative estimate of drug-likeness (QED) is 0.675. The van der Waals surface area contributed by atoms with Crippen LogP contribution in [0.15, 0.2) is 36.7 Å². The third-order valence-electron chi connectivity index (χ3n) is 4.31. The van der Waals surface area contributed by atoms with Crippen molar-refractivity contribution in [3.05, 3.63) is 47.8 Å². The van der Waals surface area contributed by atoms with E-state index in [1.807, 2.05) is 24.3 Å². The van der Waals surface area contributed by atoms with Gasteiger partial charge in [0.2, 0.25) is 0 Å². The van der Waals surface area contributed by atoms with Crippen molar-refractivity contribution in [2.45, 2.75) is 18.9 Å². The minimum Gasteiger partial charge on any atom is -0.382 e. The van der Waals surface area contributed by atoms with Gasteiger partial charge in [0.1, 0.15) is 12.6 Å². The highest BCUT2D eigenvalue weighted by Gasteiger charge is 2.24. The molecule has 0 unspecified atom stereocenters. The van der Waals surface area contributed by atoms with Gasteiger partial charge in [-0.25, -0.2) is 4.52 Å². The number of fused-ring (bicyclic) bond motifs is 1. The van der Waals surface area contributed by atoms with Gasteiger partial charge in [-0.15, -0.1) is 0 Å². The molecule has 2 N–H and O–H groups in total. The van der Waals surface area contributed by atoms with Crippen LogP contribution in [0, 0.1) is 22.7 Å². The van der Waals surface area contributed by atoms with Crippen LogP contribution in [-0.2, 0) is 0 Å². The highest BCUT2D eigenvalue weighted by Crippen LogP contribution is 2.30. The van der Waals surface area contributed by atoms with Crippen molar-refractivity contribution in [3.63, 3.8) is 0 Å². The van der Waals surface area contributed by atoms with Gasteiger partial charge in [-0.2, -0.15) is 15.6 Å². The second kappa shape index (κ2) is 6.77. The monoisotopic (exact) mass is 357 g/mol. The van der Waals surface area contributed by atoms with Gasteiger partial charge < -0.3 is 10.6 Å². The molecule has 1 aliphatic carbocycles. The predicted molar refractivity (Wildman–Crippen MR) is 97.7 cm³/mol. The van der Waals surface area contributed by atoms with Gasteiger partial charge in [-0.1, -0.05) is 0 Å². The van der Waals surface area contributed by atoms with Crippen LogP contribution in [0.1, 0.15) is 28.8 Å². The Labute approximate surface area is 155 Å². The molecule has 0 bridgehead atoms. The first kappa shape index (κ1) is 16.6. The standard InChI is InChI=1S/C19H15N7O/c20-5-6-22-19(27)15-11-23-17(8-16(15)25-13-1-2-13)18-4-3-14-7-12(9-21)10-24-26(14)18/h3-4,7-8,10-11,13H,1-2,6H2,(H,22,27)(H,23,25). The average molecular weight is 357 g/mol. The molecule has 0 saturated heterocycles. The molecule has 0 radical (unpaired) electrons. The Balaban J connectivity index is 1.74. The molecule has 1 aliphatic rings. The summed E-state index contributed by atoms with van der Waals surface area (Å²) in [5, 5.41) is 27.9. The summed E-state index contributed by atoms with van der Waals surface area (Å²) in [7, 11) is 0. The van der Waals surface area contributed by atoms with Crippen LogP contribution in [0.2, 0.25) is 0 Å². The van der Waals surface area contributed by atoms with Crippen molar-refractivity contribution < 1.29 is 4.79 Å². The molecule has 27 heavy (non-hydrogen) atoms. The van der Waals surface area contributed by atoms with Gasteiger partial charge in [-0.05, 0) is 37.1 Å². The van der Waals surface area contributed by atoms with E-state index in [4.69, 9.17) is 10.5 Å².